The van der Waals surface area contributed by atoms with Crippen LogP contribution in [0.2, 0.25) is 0 Å². The van der Waals surface area contributed by atoms with Gasteiger partial charge >= 0.3 is 0 Å². The molecule has 3 heterocycles. The Morgan fingerprint density at radius 3 is 2.89 bits per heavy atom. The molecule has 4 nitrogen and oxygen atoms in total. The lowest BCUT2D eigenvalue weighted by molar-refractivity contribution is -0.130. The summed E-state index contributed by atoms with van der Waals surface area (Å²) >= 11 is 1.65. The van der Waals surface area contributed by atoms with E-state index in [2.05, 4.69) is 5.10 Å². The average molecular weight is 274 g/mol. The molecule has 1 atom stereocenters. The van der Waals surface area contributed by atoms with E-state index in [0.717, 1.165) is 22.1 Å². The molecule has 0 N–H and O–H groups in total. The lowest BCUT2D eigenvalue weighted by Gasteiger charge is -2.18. The monoisotopic (exact) mass is 274 g/mol. The number of furan rings is 1. The van der Waals surface area contributed by atoms with Gasteiger partial charge in [0.2, 0.25) is 5.91 Å². The molecule has 5 heteroatoms. The summed E-state index contributed by atoms with van der Waals surface area (Å²) in [5.41, 5.74) is 0.835. The van der Waals surface area contributed by atoms with E-state index in [-0.39, 0.29) is 11.9 Å². The van der Waals surface area contributed by atoms with Crippen molar-refractivity contribution in [1.29, 1.82) is 0 Å². The molecule has 1 amide bonds. The Balaban J connectivity index is 1.93. The number of aryl methyl sites for hydroxylation is 1. The van der Waals surface area contributed by atoms with Crippen molar-refractivity contribution < 1.29 is 9.21 Å². The molecule has 98 valence electrons. The maximum absolute atomic E-state index is 11.7. The van der Waals surface area contributed by atoms with Crippen LogP contribution in [0.5, 0.6) is 0 Å². The second kappa shape index (κ2) is 4.66. The van der Waals surface area contributed by atoms with Crippen molar-refractivity contribution in [3.8, 4) is 0 Å². The summed E-state index contributed by atoms with van der Waals surface area (Å²) in [5, 5.41) is 7.99. The number of hydrazone groups is 1. The van der Waals surface area contributed by atoms with Gasteiger partial charge in [0.25, 0.3) is 0 Å². The van der Waals surface area contributed by atoms with Crippen LogP contribution in [0.25, 0.3) is 0 Å². The first-order chi connectivity index (χ1) is 9.15. The van der Waals surface area contributed by atoms with Gasteiger partial charge in [0.1, 0.15) is 17.2 Å². The zero-order chi connectivity index (χ0) is 13.4. The molecule has 0 unspecified atom stereocenters. The first-order valence-corrected chi connectivity index (χ1v) is 7.00. The van der Waals surface area contributed by atoms with Crippen molar-refractivity contribution in [2.24, 2.45) is 5.10 Å². The van der Waals surface area contributed by atoms with Crippen LogP contribution in [-0.4, -0.2) is 16.6 Å². The lowest BCUT2D eigenvalue weighted by atomic mass is 10.1. The third kappa shape index (κ3) is 2.21. The fourth-order valence-electron chi connectivity index (χ4n) is 2.24. The van der Waals surface area contributed by atoms with Crippen molar-refractivity contribution in [2.75, 3.05) is 0 Å². The van der Waals surface area contributed by atoms with Crippen molar-refractivity contribution in [2.45, 2.75) is 26.3 Å². The molecule has 1 aliphatic rings. The fourth-order valence-corrected chi connectivity index (χ4v) is 3.05. The van der Waals surface area contributed by atoms with Crippen LogP contribution in [-0.2, 0) is 4.79 Å². The summed E-state index contributed by atoms with van der Waals surface area (Å²) in [6, 6.07) is 7.85. The van der Waals surface area contributed by atoms with Crippen LogP contribution in [0, 0.1) is 6.92 Å². The third-order valence-corrected chi connectivity index (χ3v) is 4.10. The van der Waals surface area contributed by atoms with E-state index < -0.39 is 0 Å². The van der Waals surface area contributed by atoms with Crippen molar-refractivity contribution in [3.63, 3.8) is 0 Å². The van der Waals surface area contributed by atoms with Gasteiger partial charge in [0, 0.05) is 18.2 Å². The highest BCUT2D eigenvalue weighted by Crippen LogP contribution is 2.35. The number of carbonyl (C=O) groups excluding carboxylic acids is 1. The molecule has 0 spiro atoms. The van der Waals surface area contributed by atoms with E-state index in [4.69, 9.17) is 4.42 Å². The molecule has 0 radical (unpaired) electrons. The predicted molar refractivity (Wildman–Crippen MR) is 74.2 cm³/mol. The molecular weight excluding hydrogens is 260 g/mol. The number of rotatable bonds is 2. The van der Waals surface area contributed by atoms with Crippen LogP contribution in [0.3, 0.4) is 0 Å². The largest absolute Gasteiger partial charge is 0.460 e. The van der Waals surface area contributed by atoms with Gasteiger partial charge in [-0.05, 0) is 30.5 Å². The summed E-state index contributed by atoms with van der Waals surface area (Å²) in [6.45, 7) is 3.44. The molecule has 2 aromatic heterocycles. The SMILES string of the molecule is CC(=O)N1N=C(c2ccc(C)o2)C[C@@H]1c1cccs1. The molecule has 0 fully saturated rings. The zero-order valence-electron chi connectivity index (χ0n) is 10.8. The van der Waals surface area contributed by atoms with Gasteiger partial charge in [-0.3, -0.25) is 4.79 Å². The standard InChI is InChI=1S/C14H14N2O2S/c1-9-5-6-13(18-9)11-8-12(14-4-3-7-19-14)16(15-11)10(2)17/h3-7,12H,8H2,1-2H3/t12-/m1/s1. The summed E-state index contributed by atoms with van der Waals surface area (Å²) < 4.78 is 5.60. The molecule has 0 saturated carbocycles. The van der Waals surface area contributed by atoms with E-state index in [1.807, 2.05) is 36.6 Å². The number of hydrogen-bond donors (Lipinski definition) is 0. The quantitative estimate of drug-likeness (QED) is 0.843. The first-order valence-electron chi connectivity index (χ1n) is 6.12. The van der Waals surface area contributed by atoms with E-state index in [0.29, 0.717) is 6.42 Å². The van der Waals surface area contributed by atoms with E-state index >= 15 is 0 Å². The Hall–Kier alpha value is -1.88. The highest BCUT2D eigenvalue weighted by atomic mass is 32.1. The van der Waals surface area contributed by atoms with Crippen molar-refractivity contribution in [3.05, 3.63) is 46.0 Å². The molecule has 0 aliphatic carbocycles. The Kier molecular flexibility index (Phi) is 2.98. The highest BCUT2D eigenvalue weighted by molar-refractivity contribution is 7.10. The second-order valence-electron chi connectivity index (χ2n) is 4.56. The maximum Gasteiger partial charge on any atom is 0.240 e. The van der Waals surface area contributed by atoms with Gasteiger partial charge in [0.15, 0.2) is 0 Å². The van der Waals surface area contributed by atoms with Gasteiger partial charge in [-0.1, -0.05) is 6.07 Å². The van der Waals surface area contributed by atoms with Crippen LogP contribution in [0.15, 0.2) is 39.2 Å². The van der Waals surface area contributed by atoms with E-state index in [1.165, 1.54) is 0 Å². The minimum Gasteiger partial charge on any atom is -0.460 e. The Morgan fingerprint density at radius 1 is 1.47 bits per heavy atom. The van der Waals surface area contributed by atoms with E-state index in [9.17, 15) is 4.79 Å². The third-order valence-electron chi connectivity index (χ3n) is 3.13. The van der Waals surface area contributed by atoms with Crippen molar-refractivity contribution >= 4 is 23.0 Å². The minimum absolute atomic E-state index is 0.00194. The first kappa shape index (κ1) is 12.2. The normalized spacial score (nSPS) is 18.7. The molecule has 2 aromatic rings. The predicted octanol–water partition coefficient (Wildman–Crippen LogP) is 3.35. The van der Waals surface area contributed by atoms with Gasteiger partial charge in [0.05, 0.1) is 6.04 Å². The number of amides is 1. The second-order valence-corrected chi connectivity index (χ2v) is 5.54. The van der Waals surface area contributed by atoms with Crippen LogP contribution in [0.1, 0.15) is 35.8 Å². The smallest absolute Gasteiger partial charge is 0.240 e. The lowest BCUT2D eigenvalue weighted by Crippen LogP contribution is -2.23. The number of carbonyl (C=O) groups is 1. The zero-order valence-corrected chi connectivity index (χ0v) is 11.6. The van der Waals surface area contributed by atoms with Crippen LogP contribution in [0.4, 0.5) is 0 Å². The molecular formula is C14H14N2O2S. The molecule has 3 rings (SSSR count). The summed E-state index contributed by atoms with van der Waals surface area (Å²) in [4.78, 5) is 12.9. The van der Waals surface area contributed by atoms with Gasteiger partial charge in [-0.15, -0.1) is 11.3 Å². The topological polar surface area (TPSA) is 45.8 Å². The fraction of sp³-hybridized carbons (Fsp3) is 0.286. The van der Waals surface area contributed by atoms with Crippen LogP contribution >= 0.6 is 11.3 Å². The van der Waals surface area contributed by atoms with Gasteiger partial charge < -0.3 is 4.42 Å². The molecule has 0 aromatic carbocycles. The number of hydrogen-bond acceptors (Lipinski definition) is 4. The minimum atomic E-state index is -0.0447. The Morgan fingerprint density at radius 2 is 2.32 bits per heavy atom. The highest BCUT2D eigenvalue weighted by Gasteiger charge is 2.32. The summed E-state index contributed by atoms with van der Waals surface area (Å²) in [6.07, 6.45) is 0.701. The van der Waals surface area contributed by atoms with Crippen LogP contribution < -0.4 is 0 Å². The van der Waals surface area contributed by atoms with E-state index in [1.54, 1.807) is 23.3 Å². The number of thiophene rings is 1. The Labute approximate surface area is 115 Å². The summed E-state index contributed by atoms with van der Waals surface area (Å²) in [5.74, 6) is 1.56. The summed E-state index contributed by atoms with van der Waals surface area (Å²) in [7, 11) is 0. The molecule has 1 aliphatic heterocycles. The number of nitrogens with zero attached hydrogens (tertiary/aromatic N) is 2. The molecule has 19 heavy (non-hydrogen) atoms. The average Bonchev–Trinajstić information content (AvgIpc) is 3.07. The van der Waals surface area contributed by atoms with Crippen molar-refractivity contribution in [1.82, 2.24) is 5.01 Å². The van der Waals surface area contributed by atoms with Gasteiger partial charge in [-0.2, -0.15) is 5.10 Å². The molecule has 0 bridgehead atoms. The Bertz CT molecular complexity index is 628. The van der Waals surface area contributed by atoms with Gasteiger partial charge in [-0.25, -0.2) is 5.01 Å². The maximum atomic E-state index is 11.7. The molecule has 0 saturated heterocycles.